The fourth-order valence-electron chi connectivity index (χ4n) is 3.38. The number of nitrogens with zero attached hydrogens (tertiary/aromatic N) is 2. The fraction of sp³-hybridized carbons (Fsp3) is 0.120. The third-order valence-corrected chi connectivity index (χ3v) is 6.11. The number of carbonyl (C=O) groups excluding carboxylic acids is 1. The Morgan fingerprint density at radius 2 is 1.91 bits per heavy atom. The molecule has 0 unspecified atom stereocenters. The highest BCUT2D eigenvalue weighted by Gasteiger charge is 2.25. The van der Waals surface area contributed by atoms with Gasteiger partial charge in [-0.1, -0.05) is 23.7 Å². The van der Waals surface area contributed by atoms with E-state index < -0.39 is 10.9 Å². The number of hydrogen-bond acceptors (Lipinski definition) is 7. The number of aliphatic imine (C=N–C) groups is 1. The molecule has 0 amide bonds. The van der Waals surface area contributed by atoms with Gasteiger partial charge in [-0.15, -0.1) is 0 Å². The second-order valence-electron chi connectivity index (χ2n) is 7.54. The molecule has 3 aromatic carbocycles. The maximum absolute atomic E-state index is 12.4. The average molecular weight is 605 g/mol. The molecule has 0 bridgehead atoms. The number of ether oxygens (including phenoxy) is 3. The SMILES string of the molecule is COc1cc(/C=C2\N=C(c3ccc([N+](=O)[O-])c(C)c3)OC2=O)cc(Cl)c1OCc1ccc(I)cc1. The molecule has 0 spiro atoms. The predicted molar refractivity (Wildman–Crippen MR) is 140 cm³/mol. The van der Waals surface area contributed by atoms with E-state index in [1.165, 1.54) is 25.3 Å². The van der Waals surface area contributed by atoms with Gasteiger partial charge in [0.15, 0.2) is 17.2 Å². The number of esters is 1. The Hall–Kier alpha value is -3.44. The van der Waals surface area contributed by atoms with Crippen LogP contribution in [0.15, 0.2) is 65.3 Å². The van der Waals surface area contributed by atoms with E-state index in [1.807, 2.05) is 24.3 Å². The van der Waals surface area contributed by atoms with Crippen LogP contribution in [0.25, 0.3) is 6.08 Å². The van der Waals surface area contributed by atoms with Crippen LogP contribution in [0.1, 0.15) is 22.3 Å². The molecule has 1 aliphatic heterocycles. The fourth-order valence-corrected chi connectivity index (χ4v) is 4.02. The number of nitro benzene ring substituents is 1. The van der Waals surface area contributed by atoms with Crippen LogP contribution < -0.4 is 9.47 Å². The number of aryl methyl sites for hydroxylation is 1. The number of nitro groups is 1. The molecule has 0 atom stereocenters. The summed E-state index contributed by atoms with van der Waals surface area (Å²) >= 11 is 8.70. The van der Waals surface area contributed by atoms with E-state index in [4.69, 9.17) is 25.8 Å². The Morgan fingerprint density at radius 1 is 1.17 bits per heavy atom. The Bertz CT molecular complexity index is 1390. The van der Waals surface area contributed by atoms with Gasteiger partial charge >= 0.3 is 5.97 Å². The van der Waals surface area contributed by atoms with Gasteiger partial charge in [0.1, 0.15) is 6.61 Å². The van der Waals surface area contributed by atoms with Gasteiger partial charge in [0.25, 0.3) is 5.69 Å². The molecular weight excluding hydrogens is 587 g/mol. The third-order valence-electron chi connectivity index (χ3n) is 5.11. The van der Waals surface area contributed by atoms with Crippen LogP contribution in [-0.2, 0) is 16.1 Å². The molecule has 178 valence electrons. The summed E-state index contributed by atoms with van der Waals surface area (Å²) in [6.45, 7) is 1.91. The summed E-state index contributed by atoms with van der Waals surface area (Å²) in [6.07, 6.45) is 1.52. The number of halogens is 2. The minimum atomic E-state index is -0.648. The number of rotatable bonds is 7. The van der Waals surface area contributed by atoms with E-state index in [-0.39, 0.29) is 17.3 Å². The van der Waals surface area contributed by atoms with Crippen molar-refractivity contribution in [3.63, 3.8) is 0 Å². The second kappa shape index (κ2) is 10.4. The zero-order chi connectivity index (χ0) is 25.1. The molecule has 35 heavy (non-hydrogen) atoms. The van der Waals surface area contributed by atoms with E-state index in [9.17, 15) is 14.9 Å². The molecule has 0 aliphatic carbocycles. The molecule has 3 aromatic rings. The van der Waals surface area contributed by atoms with Crippen molar-refractivity contribution in [3.05, 3.63) is 101 Å². The minimum Gasteiger partial charge on any atom is -0.493 e. The van der Waals surface area contributed by atoms with Gasteiger partial charge in [-0.3, -0.25) is 10.1 Å². The van der Waals surface area contributed by atoms with E-state index in [2.05, 4.69) is 27.6 Å². The molecule has 1 aliphatic rings. The number of carbonyl (C=O) groups is 1. The molecule has 0 aromatic heterocycles. The Kier molecular flexibility index (Phi) is 7.37. The van der Waals surface area contributed by atoms with Crippen molar-refractivity contribution in [2.45, 2.75) is 13.5 Å². The monoisotopic (exact) mass is 604 g/mol. The zero-order valence-corrected chi connectivity index (χ0v) is 21.5. The van der Waals surface area contributed by atoms with Crippen LogP contribution in [0.4, 0.5) is 5.69 Å². The first-order valence-electron chi connectivity index (χ1n) is 10.3. The van der Waals surface area contributed by atoms with E-state index in [0.29, 0.717) is 39.8 Å². The van der Waals surface area contributed by atoms with Crippen LogP contribution in [0, 0.1) is 20.6 Å². The van der Waals surface area contributed by atoms with Gasteiger partial charge < -0.3 is 14.2 Å². The lowest BCUT2D eigenvalue weighted by molar-refractivity contribution is -0.385. The quantitative estimate of drug-likeness (QED) is 0.106. The van der Waals surface area contributed by atoms with Gasteiger partial charge in [-0.05, 0) is 83.1 Å². The average Bonchev–Trinajstić information content (AvgIpc) is 3.18. The molecule has 1 heterocycles. The molecule has 0 saturated heterocycles. The smallest absolute Gasteiger partial charge is 0.363 e. The summed E-state index contributed by atoms with van der Waals surface area (Å²) in [5, 5.41) is 11.4. The van der Waals surface area contributed by atoms with Gasteiger partial charge in [0.2, 0.25) is 5.90 Å². The highest BCUT2D eigenvalue weighted by molar-refractivity contribution is 14.1. The molecule has 0 N–H and O–H groups in total. The number of methoxy groups -OCH3 is 1. The van der Waals surface area contributed by atoms with Crippen molar-refractivity contribution in [3.8, 4) is 11.5 Å². The summed E-state index contributed by atoms with van der Waals surface area (Å²) in [7, 11) is 1.50. The normalized spacial score (nSPS) is 14.0. The van der Waals surface area contributed by atoms with Crippen LogP contribution in [0.3, 0.4) is 0 Å². The van der Waals surface area contributed by atoms with Crippen molar-refractivity contribution in [1.29, 1.82) is 0 Å². The lowest BCUT2D eigenvalue weighted by atomic mass is 10.1. The molecule has 0 saturated carbocycles. The standard InChI is InChI=1S/C25H18ClIN2O6/c1-14-9-17(5-8-21(14)29(31)32)24-28-20(25(30)35-24)11-16-10-19(26)23(22(12-16)33-2)34-13-15-3-6-18(27)7-4-15/h3-12H,13H2,1-2H3/b20-11-. The maximum Gasteiger partial charge on any atom is 0.363 e. The zero-order valence-electron chi connectivity index (χ0n) is 18.6. The molecule has 0 fully saturated rings. The Morgan fingerprint density at radius 3 is 2.57 bits per heavy atom. The van der Waals surface area contributed by atoms with Crippen molar-refractivity contribution >= 4 is 57.8 Å². The predicted octanol–water partition coefficient (Wildman–Crippen LogP) is 6.09. The van der Waals surface area contributed by atoms with Crippen molar-refractivity contribution < 1.29 is 23.9 Å². The van der Waals surface area contributed by atoms with Crippen molar-refractivity contribution in [2.24, 2.45) is 4.99 Å². The molecule has 10 heteroatoms. The first-order valence-corrected chi connectivity index (χ1v) is 11.7. The lowest BCUT2D eigenvalue weighted by Crippen LogP contribution is -2.06. The number of benzene rings is 3. The van der Waals surface area contributed by atoms with Gasteiger partial charge in [-0.2, -0.15) is 0 Å². The lowest BCUT2D eigenvalue weighted by Gasteiger charge is -2.13. The third kappa shape index (κ3) is 5.63. The summed E-state index contributed by atoms with van der Waals surface area (Å²) < 4.78 is 17.8. The summed E-state index contributed by atoms with van der Waals surface area (Å²) in [5.41, 5.74) is 2.46. The second-order valence-corrected chi connectivity index (χ2v) is 9.20. The van der Waals surface area contributed by atoms with Gasteiger partial charge in [0, 0.05) is 20.8 Å². The minimum absolute atomic E-state index is 0.0273. The van der Waals surface area contributed by atoms with Gasteiger partial charge in [0.05, 0.1) is 17.1 Å². The molecule has 0 radical (unpaired) electrons. The number of hydrogen-bond donors (Lipinski definition) is 0. The van der Waals surface area contributed by atoms with E-state index in [0.717, 1.165) is 9.13 Å². The first kappa shape index (κ1) is 24.7. The maximum atomic E-state index is 12.4. The summed E-state index contributed by atoms with van der Waals surface area (Å²) in [5.74, 6) is 0.200. The highest BCUT2D eigenvalue weighted by atomic mass is 127. The van der Waals surface area contributed by atoms with E-state index >= 15 is 0 Å². The summed E-state index contributed by atoms with van der Waals surface area (Å²) in [4.78, 5) is 27.2. The largest absolute Gasteiger partial charge is 0.493 e. The molecular formula is C25H18ClIN2O6. The van der Waals surface area contributed by atoms with Crippen molar-refractivity contribution in [2.75, 3.05) is 7.11 Å². The Balaban J connectivity index is 1.58. The van der Waals surface area contributed by atoms with Gasteiger partial charge in [-0.25, -0.2) is 9.79 Å². The first-order chi connectivity index (χ1) is 16.7. The molecule has 4 rings (SSSR count). The van der Waals surface area contributed by atoms with Crippen LogP contribution in [-0.4, -0.2) is 23.9 Å². The van der Waals surface area contributed by atoms with Crippen molar-refractivity contribution in [1.82, 2.24) is 0 Å². The van der Waals surface area contributed by atoms with E-state index in [1.54, 1.807) is 25.1 Å². The Labute approximate surface area is 219 Å². The van der Waals surface area contributed by atoms with Crippen LogP contribution in [0.2, 0.25) is 5.02 Å². The molecule has 8 nitrogen and oxygen atoms in total. The van der Waals surface area contributed by atoms with Crippen LogP contribution >= 0.6 is 34.2 Å². The van der Waals surface area contributed by atoms with Crippen LogP contribution in [0.5, 0.6) is 11.5 Å². The number of cyclic esters (lactones) is 1. The highest BCUT2D eigenvalue weighted by Crippen LogP contribution is 2.38. The summed E-state index contributed by atoms with van der Waals surface area (Å²) in [6, 6.07) is 15.6. The topological polar surface area (TPSA) is 100 Å².